The topological polar surface area (TPSA) is 42.4 Å². The number of hydrogen-bond donors (Lipinski definition) is 1. The molecule has 19 heavy (non-hydrogen) atoms. The Kier molecular flexibility index (Phi) is 4.22. The molecule has 3 nitrogen and oxygen atoms in total. The molecule has 100 valence electrons. The standard InChI is InChI=1S/C15H16BrNO2/c1-15(18,8-11-7-13(16)10-17-9-11)12-3-5-14(19-2)6-4-12/h3-7,9-10,18H,8H2,1-2H3. The van der Waals surface area contributed by atoms with E-state index in [1.165, 1.54) is 0 Å². The van der Waals surface area contributed by atoms with Gasteiger partial charge in [-0.25, -0.2) is 0 Å². The van der Waals surface area contributed by atoms with Crippen LogP contribution in [0, 0.1) is 0 Å². The monoisotopic (exact) mass is 321 g/mol. The van der Waals surface area contributed by atoms with Crippen LogP contribution >= 0.6 is 15.9 Å². The second kappa shape index (κ2) is 5.72. The van der Waals surface area contributed by atoms with Crippen LogP contribution in [0.2, 0.25) is 0 Å². The van der Waals surface area contributed by atoms with Crippen LogP contribution in [-0.2, 0) is 12.0 Å². The number of hydrogen-bond acceptors (Lipinski definition) is 3. The van der Waals surface area contributed by atoms with Crippen LogP contribution < -0.4 is 4.74 Å². The van der Waals surface area contributed by atoms with E-state index in [-0.39, 0.29) is 0 Å². The SMILES string of the molecule is COc1ccc(C(C)(O)Cc2cncc(Br)c2)cc1. The third-order valence-electron chi connectivity index (χ3n) is 3.02. The molecule has 0 fully saturated rings. The van der Waals surface area contributed by atoms with Crippen molar-refractivity contribution in [2.75, 3.05) is 7.11 Å². The number of pyridine rings is 1. The van der Waals surface area contributed by atoms with Gasteiger partial charge in [-0.3, -0.25) is 4.98 Å². The summed E-state index contributed by atoms with van der Waals surface area (Å²) >= 11 is 3.38. The normalized spacial score (nSPS) is 13.9. The Bertz CT molecular complexity index is 552. The number of methoxy groups -OCH3 is 1. The van der Waals surface area contributed by atoms with E-state index >= 15 is 0 Å². The first kappa shape index (κ1) is 14.0. The first-order valence-electron chi connectivity index (χ1n) is 5.97. The van der Waals surface area contributed by atoms with Crippen LogP contribution in [0.4, 0.5) is 0 Å². The van der Waals surface area contributed by atoms with Crippen molar-refractivity contribution in [2.24, 2.45) is 0 Å². The third-order valence-corrected chi connectivity index (χ3v) is 3.46. The van der Waals surface area contributed by atoms with Gasteiger partial charge in [0.2, 0.25) is 0 Å². The molecule has 0 bridgehead atoms. The van der Waals surface area contributed by atoms with Gasteiger partial charge in [-0.15, -0.1) is 0 Å². The maximum Gasteiger partial charge on any atom is 0.118 e. The molecule has 0 amide bonds. The predicted molar refractivity (Wildman–Crippen MR) is 78.2 cm³/mol. The van der Waals surface area contributed by atoms with Gasteiger partial charge in [0.25, 0.3) is 0 Å². The Morgan fingerprint density at radius 2 is 1.95 bits per heavy atom. The van der Waals surface area contributed by atoms with Crippen molar-refractivity contribution in [2.45, 2.75) is 18.9 Å². The van der Waals surface area contributed by atoms with Crippen molar-refractivity contribution in [3.63, 3.8) is 0 Å². The number of rotatable bonds is 4. The van der Waals surface area contributed by atoms with Crippen LogP contribution in [0.5, 0.6) is 5.75 Å². The summed E-state index contributed by atoms with van der Waals surface area (Å²) in [7, 11) is 1.63. The Hall–Kier alpha value is -1.39. The zero-order chi connectivity index (χ0) is 13.9. The van der Waals surface area contributed by atoms with E-state index in [0.717, 1.165) is 21.3 Å². The smallest absolute Gasteiger partial charge is 0.118 e. The van der Waals surface area contributed by atoms with Crippen LogP contribution in [0.15, 0.2) is 47.2 Å². The number of nitrogens with zero attached hydrogens (tertiary/aromatic N) is 1. The lowest BCUT2D eigenvalue weighted by Gasteiger charge is -2.24. The number of aromatic nitrogens is 1. The van der Waals surface area contributed by atoms with Gasteiger partial charge in [-0.05, 0) is 52.2 Å². The summed E-state index contributed by atoms with van der Waals surface area (Å²) in [6.07, 6.45) is 4.00. The minimum atomic E-state index is -0.936. The van der Waals surface area contributed by atoms with Crippen LogP contribution in [-0.4, -0.2) is 17.2 Å². The van der Waals surface area contributed by atoms with E-state index in [2.05, 4.69) is 20.9 Å². The summed E-state index contributed by atoms with van der Waals surface area (Å²) in [6.45, 7) is 1.80. The molecule has 1 heterocycles. The van der Waals surface area contributed by atoms with Gasteiger partial charge >= 0.3 is 0 Å². The van der Waals surface area contributed by atoms with Gasteiger partial charge in [-0.1, -0.05) is 12.1 Å². The average molecular weight is 322 g/mol. The molecule has 0 aliphatic heterocycles. The van der Waals surface area contributed by atoms with E-state index in [0.29, 0.717) is 6.42 Å². The average Bonchev–Trinajstić information content (AvgIpc) is 2.38. The van der Waals surface area contributed by atoms with Crippen LogP contribution in [0.25, 0.3) is 0 Å². The third kappa shape index (κ3) is 3.55. The van der Waals surface area contributed by atoms with Crippen LogP contribution in [0.3, 0.4) is 0 Å². The Morgan fingerprint density at radius 1 is 1.26 bits per heavy atom. The van der Waals surface area contributed by atoms with E-state index in [1.807, 2.05) is 30.3 Å². The summed E-state index contributed by atoms with van der Waals surface area (Å²) in [4.78, 5) is 4.11. The largest absolute Gasteiger partial charge is 0.497 e. The molecule has 1 unspecified atom stereocenters. The van der Waals surface area contributed by atoms with E-state index < -0.39 is 5.60 Å². The van der Waals surface area contributed by atoms with Gasteiger partial charge in [-0.2, -0.15) is 0 Å². The molecule has 4 heteroatoms. The Labute approximate surface area is 121 Å². The quantitative estimate of drug-likeness (QED) is 0.939. The molecule has 1 atom stereocenters. The van der Waals surface area contributed by atoms with Crippen molar-refractivity contribution in [1.29, 1.82) is 0 Å². The summed E-state index contributed by atoms with van der Waals surface area (Å²) in [5.41, 5.74) is 0.901. The highest BCUT2D eigenvalue weighted by Crippen LogP contribution is 2.27. The number of halogens is 1. The number of ether oxygens (including phenoxy) is 1. The molecular formula is C15H16BrNO2. The highest BCUT2D eigenvalue weighted by Gasteiger charge is 2.23. The van der Waals surface area contributed by atoms with Crippen molar-refractivity contribution in [1.82, 2.24) is 4.98 Å². The van der Waals surface area contributed by atoms with Gasteiger partial charge < -0.3 is 9.84 Å². The van der Waals surface area contributed by atoms with Crippen molar-refractivity contribution in [3.05, 3.63) is 58.3 Å². The van der Waals surface area contributed by atoms with E-state index in [4.69, 9.17) is 4.74 Å². The lowest BCUT2D eigenvalue weighted by molar-refractivity contribution is 0.0575. The molecule has 0 saturated carbocycles. The van der Waals surface area contributed by atoms with Crippen molar-refractivity contribution < 1.29 is 9.84 Å². The van der Waals surface area contributed by atoms with E-state index in [9.17, 15) is 5.11 Å². The highest BCUT2D eigenvalue weighted by molar-refractivity contribution is 9.10. The van der Waals surface area contributed by atoms with Gasteiger partial charge in [0.05, 0.1) is 12.7 Å². The first-order valence-corrected chi connectivity index (χ1v) is 6.77. The zero-order valence-corrected chi connectivity index (χ0v) is 12.5. The van der Waals surface area contributed by atoms with Crippen molar-refractivity contribution >= 4 is 15.9 Å². The first-order chi connectivity index (χ1) is 9.01. The van der Waals surface area contributed by atoms with Crippen LogP contribution in [0.1, 0.15) is 18.1 Å². The highest BCUT2D eigenvalue weighted by atomic mass is 79.9. The fraction of sp³-hybridized carbons (Fsp3) is 0.267. The van der Waals surface area contributed by atoms with Gasteiger partial charge in [0, 0.05) is 23.3 Å². The van der Waals surface area contributed by atoms with E-state index in [1.54, 1.807) is 26.4 Å². The number of aliphatic hydroxyl groups is 1. The second-order valence-corrected chi connectivity index (χ2v) is 5.61. The molecule has 0 aliphatic rings. The molecule has 2 aromatic rings. The molecule has 0 aliphatic carbocycles. The Morgan fingerprint density at radius 3 is 2.53 bits per heavy atom. The maximum atomic E-state index is 10.6. The van der Waals surface area contributed by atoms with Gasteiger partial charge in [0.1, 0.15) is 5.75 Å². The fourth-order valence-electron chi connectivity index (χ4n) is 2.00. The molecular weight excluding hydrogens is 306 g/mol. The van der Waals surface area contributed by atoms with Crippen molar-refractivity contribution in [3.8, 4) is 5.75 Å². The fourth-order valence-corrected chi connectivity index (χ4v) is 2.41. The molecule has 2 rings (SSSR count). The summed E-state index contributed by atoms with van der Waals surface area (Å²) in [5.74, 6) is 0.781. The zero-order valence-electron chi connectivity index (χ0n) is 10.9. The summed E-state index contributed by atoms with van der Waals surface area (Å²) < 4.78 is 6.03. The maximum absolute atomic E-state index is 10.6. The molecule has 1 aromatic carbocycles. The molecule has 0 saturated heterocycles. The molecule has 0 radical (unpaired) electrons. The minimum Gasteiger partial charge on any atom is -0.497 e. The lowest BCUT2D eigenvalue weighted by Crippen LogP contribution is -2.24. The van der Waals surface area contributed by atoms with Gasteiger partial charge in [0.15, 0.2) is 0 Å². The Balaban J connectivity index is 2.21. The summed E-state index contributed by atoms with van der Waals surface area (Å²) in [6, 6.07) is 9.42. The lowest BCUT2D eigenvalue weighted by atomic mass is 9.89. The summed E-state index contributed by atoms with van der Waals surface area (Å²) in [5, 5.41) is 10.6. The number of benzene rings is 1. The molecule has 1 aromatic heterocycles. The molecule has 1 N–H and O–H groups in total. The minimum absolute atomic E-state index is 0.506. The molecule has 0 spiro atoms. The predicted octanol–water partition coefficient (Wildman–Crippen LogP) is 3.30. The second-order valence-electron chi connectivity index (χ2n) is 4.69.